The highest BCUT2D eigenvalue weighted by molar-refractivity contribution is 6.15. The largest absolute Gasteiger partial charge is 0.456 e. The van der Waals surface area contributed by atoms with Crippen LogP contribution < -0.4 is 9.80 Å². The molecule has 2 aliphatic carbocycles. The van der Waals surface area contributed by atoms with Gasteiger partial charge < -0.3 is 14.2 Å². The lowest BCUT2D eigenvalue weighted by Crippen LogP contribution is -2.24. The lowest BCUT2D eigenvalue weighted by Gasteiger charge is -2.30. The number of hydrogen-bond donors (Lipinski definition) is 0. The molecule has 3 heteroatoms. The molecule has 2 heterocycles. The zero-order chi connectivity index (χ0) is 39.6. The van der Waals surface area contributed by atoms with E-state index in [1.54, 1.807) is 0 Å². The molecule has 8 aromatic carbocycles. The van der Waals surface area contributed by atoms with E-state index in [1.807, 2.05) is 0 Å². The van der Waals surface area contributed by atoms with E-state index in [-0.39, 0.29) is 16.9 Å². The van der Waals surface area contributed by atoms with E-state index in [4.69, 9.17) is 4.42 Å². The van der Waals surface area contributed by atoms with Gasteiger partial charge in [0.25, 0.3) is 0 Å². The smallest absolute Gasteiger partial charge is 0.137 e. The molecule has 284 valence electrons. The second kappa shape index (κ2) is 12.3. The molecule has 59 heavy (non-hydrogen) atoms. The summed E-state index contributed by atoms with van der Waals surface area (Å²) in [6, 6.07) is 67.3. The predicted molar refractivity (Wildman–Crippen MR) is 245 cm³/mol. The van der Waals surface area contributed by atoms with Crippen LogP contribution in [-0.2, 0) is 10.8 Å². The van der Waals surface area contributed by atoms with Crippen LogP contribution in [-0.4, -0.2) is 0 Å². The van der Waals surface area contributed by atoms with Crippen molar-refractivity contribution in [3.05, 3.63) is 210 Å². The maximum Gasteiger partial charge on any atom is 0.137 e. The van der Waals surface area contributed by atoms with Gasteiger partial charge in [0.15, 0.2) is 0 Å². The fourth-order valence-electron chi connectivity index (χ4n) is 11.2. The van der Waals surface area contributed by atoms with Crippen molar-refractivity contribution in [3.63, 3.8) is 0 Å². The number of furan rings is 1. The highest BCUT2D eigenvalue weighted by atomic mass is 16.3. The SMILES string of the molecule is CC1(C)c2ccccc2-c2cc3oc4cccc(N(c5ccc(-c6ccccc6)cc5)c5ccc6c(c5)N(c5ccccc5)C5c7ccccc7C(C)(C)C65)c4c3cc21. The normalized spacial score (nSPS) is 17.7. The number of para-hydroxylation sites is 1. The van der Waals surface area contributed by atoms with Gasteiger partial charge in [-0.15, -0.1) is 0 Å². The van der Waals surface area contributed by atoms with E-state index in [1.165, 1.54) is 61.4 Å². The van der Waals surface area contributed by atoms with Gasteiger partial charge in [-0.05, 0) is 116 Å². The quantitative estimate of drug-likeness (QED) is 0.174. The molecular weight excluding hydrogens is 717 g/mol. The Morgan fingerprint density at radius 1 is 0.508 bits per heavy atom. The lowest BCUT2D eigenvalue weighted by molar-refractivity contribution is 0.420. The summed E-state index contributed by atoms with van der Waals surface area (Å²) >= 11 is 0. The molecule has 0 amide bonds. The van der Waals surface area contributed by atoms with Gasteiger partial charge in [0, 0.05) is 39.5 Å². The fraction of sp³-hybridized carbons (Fsp3) is 0.143. The van der Waals surface area contributed by atoms with E-state index >= 15 is 0 Å². The summed E-state index contributed by atoms with van der Waals surface area (Å²) in [6.07, 6.45) is 0. The first-order chi connectivity index (χ1) is 28.8. The summed E-state index contributed by atoms with van der Waals surface area (Å²) < 4.78 is 6.82. The van der Waals surface area contributed by atoms with Gasteiger partial charge in [-0.25, -0.2) is 0 Å². The van der Waals surface area contributed by atoms with Crippen LogP contribution in [0.5, 0.6) is 0 Å². The number of benzene rings is 8. The summed E-state index contributed by atoms with van der Waals surface area (Å²) in [5.41, 5.74) is 19.3. The van der Waals surface area contributed by atoms with E-state index in [0.717, 1.165) is 39.0 Å². The first-order valence-corrected chi connectivity index (χ1v) is 20.9. The van der Waals surface area contributed by atoms with Gasteiger partial charge in [-0.2, -0.15) is 0 Å². The standard InChI is InChI=1S/C56H44N2O/c1-55(2)45-22-13-11-20-40(45)43-34-51-44(33-47(43)55)52-48(24-15-25-50(52)59-51)57(38-28-26-36(27-29-38)35-16-7-5-8-17-35)39-30-31-42-49(32-39)58(37-18-9-6-10-19-37)54-41-21-12-14-23-46(41)56(3,4)53(42)54/h5-34,53-54H,1-4H3. The number of fused-ring (bicyclic) bond motifs is 11. The molecule has 12 rings (SSSR count). The van der Waals surface area contributed by atoms with E-state index in [9.17, 15) is 0 Å². The Kier molecular flexibility index (Phi) is 7.15. The zero-order valence-corrected chi connectivity index (χ0v) is 33.8. The molecule has 2 atom stereocenters. The monoisotopic (exact) mass is 760 g/mol. The second-order valence-corrected chi connectivity index (χ2v) is 17.7. The minimum atomic E-state index is -0.128. The lowest BCUT2D eigenvalue weighted by atomic mass is 9.75. The van der Waals surface area contributed by atoms with Crippen LogP contribution in [0.15, 0.2) is 186 Å². The van der Waals surface area contributed by atoms with Crippen molar-refractivity contribution in [1.82, 2.24) is 0 Å². The van der Waals surface area contributed by atoms with E-state index < -0.39 is 0 Å². The first-order valence-electron chi connectivity index (χ1n) is 20.9. The summed E-state index contributed by atoms with van der Waals surface area (Å²) in [6.45, 7) is 9.58. The third kappa shape index (κ3) is 4.82. The Morgan fingerprint density at radius 3 is 1.98 bits per heavy atom. The maximum atomic E-state index is 6.82. The van der Waals surface area contributed by atoms with Crippen LogP contribution >= 0.6 is 0 Å². The van der Waals surface area contributed by atoms with Crippen LogP contribution in [0.1, 0.15) is 67.5 Å². The van der Waals surface area contributed by atoms with Gasteiger partial charge >= 0.3 is 0 Å². The number of nitrogens with zero attached hydrogens (tertiary/aromatic N) is 2. The molecule has 0 saturated heterocycles. The Labute approximate surface area is 345 Å². The van der Waals surface area contributed by atoms with Crippen molar-refractivity contribution in [2.45, 2.75) is 50.5 Å². The van der Waals surface area contributed by atoms with Gasteiger partial charge in [-0.1, -0.05) is 149 Å². The molecule has 1 aromatic heterocycles. The number of hydrogen-bond acceptors (Lipinski definition) is 3. The zero-order valence-electron chi connectivity index (χ0n) is 33.8. The highest BCUT2D eigenvalue weighted by Crippen LogP contribution is 2.65. The number of rotatable bonds is 5. The first kappa shape index (κ1) is 34.2. The van der Waals surface area contributed by atoms with Crippen LogP contribution in [0.4, 0.5) is 28.4 Å². The van der Waals surface area contributed by atoms with E-state index in [0.29, 0.717) is 5.92 Å². The average Bonchev–Trinajstić information content (AvgIpc) is 3.95. The van der Waals surface area contributed by atoms with Gasteiger partial charge in [-0.3, -0.25) is 0 Å². The third-order valence-electron chi connectivity index (χ3n) is 13.9. The Balaban J connectivity index is 1.09. The van der Waals surface area contributed by atoms with Crippen molar-refractivity contribution in [3.8, 4) is 22.3 Å². The molecule has 0 fully saturated rings. The minimum absolute atomic E-state index is 0.0387. The molecule has 0 bridgehead atoms. The Morgan fingerprint density at radius 2 is 1.19 bits per heavy atom. The molecular formula is C56H44N2O. The molecule has 0 saturated carbocycles. The molecule has 0 spiro atoms. The molecule has 0 radical (unpaired) electrons. The van der Waals surface area contributed by atoms with Gasteiger partial charge in [0.05, 0.1) is 17.1 Å². The van der Waals surface area contributed by atoms with Crippen molar-refractivity contribution in [2.75, 3.05) is 9.80 Å². The summed E-state index contributed by atoms with van der Waals surface area (Å²) in [5, 5.41) is 2.26. The van der Waals surface area contributed by atoms with Crippen molar-refractivity contribution >= 4 is 50.4 Å². The van der Waals surface area contributed by atoms with Crippen molar-refractivity contribution in [2.24, 2.45) is 0 Å². The van der Waals surface area contributed by atoms with E-state index in [2.05, 4.69) is 219 Å². The molecule has 2 unspecified atom stereocenters. The average molecular weight is 761 g/mol. The van der Waals surface area contributed by atoms with Crippen LogP contribution in [0.2, 0.25) is 0 Å². The number of anilines is 5. The predicted octanol–water partition coefficient (Wildman–Crippen LogP) is 15.3. The third-order valence-corrected chi connectivity index (χ3v) is 13.9. The van der Waals surface area contributed by atoms with Gasteiger partial charge in [0.2, 0.25) is 0 Å². The molecule has 0 N–H and O–H groups in total. The Bertz CT molecular complexity index is 3120. The molecule has 9 aromatic rings. The maximum absolute atomic E-state index is 6.82. The van der Waals surface area contributed by atoms with Crippen LogP contribution in [0, 0.1) is 0 Å². The molecule has 1 aliphatic heterocycles. The molecule has 3 nitrogen and oxygen atoms in total. The summed E-state index contributed by atoms with van der Waals surface area (Å²) in [4.78, 5) is 5.07. The minimum Gasteiger partial charge on any atom is -0.456 e. The summed E-state index contributed by atoms with van der Waals surface area (Å²) in [5.74, 6) is 0.304. The van der Waals surface area contributed by atoms with Crippen LogP contribution in [0.25, 0.3) is 44.2 Å². The van der Waals surface area contributed by atoms with Crippen molar-refractivity contribution < 1.29 is 4.42 Å². The topological polar surface area (TPSA) is 19.6 Å². The second-order valence-electron chi connectivity index (χ2n) is 17.7. The molecule has 3 aliphatic rings. The van der Waals surface area contributed by atoms with Gasteiger partial charge in [0.1, 0.15) is 11.2 Å². The Hall–Kier alpha value is -6.84. The summed E-state index contributed by atoms with van der Waals surface area (Å²) in [7, 11) is 0. The van der Waals surface area contributed by atoms with Crippen LogP contribution in [0.3, 0.4) is 0 Å². The highest BCUT2D eigenvalue weighted by Gasteiger charge is 2.54. The fourth-order valence-corrected chi connectivity index (χ4v) is 11.2. The van der Waals surface area contributed by atoms with Crippen molar-refractivity contribution in [1.29, 1.82) is 0 Å².